The van der Waals surface area contributed by atoms with Crippen LogP contribution in [-0.2, 0) is 9.53 Å². The predicted molar refractivity (Wildman–Crippen MR) is 106 cm³/mol. The van der Waals surface area contributed by atoms with Crippen molar-refractivity contribution >= 4 is 16.7 Å². The van der Waals surface area contributed by atoms with Gasteiger partial charge in [-0.3, -0.25) is 4.79 Å². The summed E-state index contributed by atoms with van der Waals surface area (Å²) in [4.78, 5) is 12.4. The molecule has 5 heteroatoms. The molecule has 0 aromatic heterocycles. The fraction of sp³-hybridized carbons (Fsp3) is 0.217. The maximum atomic E-state index is 12.4. The van der Waals surface area contributed by atoms with Gasteiger partial charge in [0.1, 0.15) is 5.75 Å². The summed E-state index contributed by atoms with van der Waals surface area (Å²) in [5.41, 5.74) is -0.459. The van der Waals surface area contributed by atoms with E-state index < -0.39 is 17.3 Å². The van der Waals surface area contributed by atoms with Crippen molar-refractivity contribution in [1.82, 2.24) is 0 Å². The fourth-order valence-electron chi connectivity index (χ4n) is 3.75. The maximum Gasteiger partial charge on any atom is 0.327 e. The molecule has 0 bridgehead atoms. The molecule has 142 valence electrons. The number of benzene rings is 3. The summed E-state index contributed by atoms with van der Waals surface area (Å²) in [6.07, 6.45) is 0. The van der Waals surface area contributed by atoms with Crippen molar-refractivity contribution < 1.29 is 19.4 Å². The normalized spacial score (nSPS) is 14.0. The molecule has 3 rings (SSSR count). The summed E-state index contributed by atoms with van der Waals surface area (Å²) in [5, 5.41) is 22.0. The fourth-order valence-corrected chi connectivity index (χ4v) is 3.75. The molecule has 3 aromatic rings. The number of nitrogens with zero attached hydrogens (tertiary/aromatic N) is 1. The third-order valence-electron chi connectivity index (χ3n) is 5.03. The molecule has 0 heterocycles. The molecule has 0 radical (unpaired) electrons. The van der Waals surface area contributed by atoms with Gasteiger partial charge in [0.15, 0.2) is 5.41 Å². The van der Waals surface area contributed by atoms with Crippen LogP contribution in [0.3, 0.4) is 0 Å². The number of para-hydroxylation sites is 1. The molecule has 0 amide bonds. The van der Waals surface area contributed by atoms with Crippen molar-refractivity contribution in [2.75, 3.05) is 20.8 Å². The van der Waals surface area contributed by atoms with Crippen molar-refractivity contribution in [2.45, 2.75) is 5.92 Å². The lowest BCUT2D eigenvalue weighted by Gasteiger charge is -2.33. The Morgan fingerprint density at radius 3 is 2.36 bits per heavy atom. The zero-order valence-corrected chi connectivity index (χ0v) is 15.8. The van der Waals surface area contributed by atoms with Gasteiger partial charge in [-0.05, 0) is 22.4 Å². The van der Waals surface area contributed by atoms with E-state index in [1.54, 1.807) is 12.1 Å². The number of ether oxygens (including phenoxy) is 2. The van der Waals surface area contributed by atoms with Gasteiger partial charge in [0.25, 0.3) is 0 Å². The number of hydrogen-bond donors (Lipinski definition) is 1. The minimum atomic E-state index is -1.83. The number of fused-ring (bicyclic) bond motifs is 1. The highest BCUT2D eigenvalue weighted by atomic mass is 16.5. The van der Waals surface area contributed by atoms with Crippen LogP contribution in [0.2, 0.25) is 0 Å². The molecule has 28 heavy (non-hydrogen) atoms. The Bertz CT molecular complexity index is 1030. The SMILES string of the molecule is COC[C@](C#N)(C(=O)O)C(c1ccccc1OC)c1cccc2ccccc12. The molecule has 0 aliphatic carbocycles. The Hall–Kier alpha value is -3.36. The van der Waals surface area contributed by atoms with Crippen LogP contribution in [-0.4, -0.2) is 31.9 Å². The second-order valence-corrected chi connectivity index (χ2v) is 6.56. The highest BCUT2D eigenvalue weighted by Crippen LogP contribution is 2.46. The molecule has 0 aliphatic rings. The van der Waals surface area contributed by atoms with Crippen LogP contribution in [0.4, 0.5) is 0 Å². The van der Waals surface area contributed by atoms with E-state index in [9.17, 15) is 15.2 Å². The number of nitriles is 1. The third kappa shape index (κ3) is 3.19. The van der Waals surface area contributed by atoms with Gasteiger partial charge in [0.2, 0.25) is 0 Å². The molecule has 1 unspecified atom stereocenters. The van der Waals surface area contributed by atoms with Crippen LogP contribution in [0.5, 0.6) is 5.75 Å². The van der Waals surface area contributed by atoms with Crippen molar-refractivity contribution in [1.29, 1.82) is 5.26 Å². The van der Waals surface area contributed by atoms with Crippen molar-refractivity contribution in [3.8, 4) is 11.8 Å². The number of carboxylic acid groups (broad SMARTS) is 1. The van der Waals surface area contributed by atoms with E-state index in [1.807, 2.05) is 60.7 Å². The minimum Gasteiger partial charge on any atom is -0.496 e. The second kappa shape index (κ2) is 8.12. The Morgan fingerprint density at radius 1 is 1.04 bits per heavy atom. The van der Waals surface area contributed by atoms with Crippen molar-refractivity contribution in [2.24, 2.45) is 5.41 Å². The van der Waals surface area contributed by atoms with E-state index >= 15 is 0 Å². The number of carboxylic acids is 1. The van der Waals surface area contributed by atoms with Gasteiger partial charge in [-0.15, -0.1) is 0 Å². The molecule has 0 fully saturated rings. The Balaban J connectivity index is 2.41. The first-order valence-electron chi connectivity index (χ1n) is 8.83. The zero-order chi connectivity index (χ0) is 20.1. The monoisotopic (exact) mass is 375 g/mol. The van der Waals surface area contributed by atoms with Crippen LogP contribution < -0.4 is 4.74 Å². The number of carbonyl (C=O) groups is 1. The topological polar surface area (TPSA) is 79.5 Å². The first-order chi connectivity index (χ1) is 13.6. The van der Waals surface area contributed by atoms with Crippen molar-refractivity contribution in [3.63, 3.8) is 0 Å². The van der Waals surface area contributed by atoms with Gasteiger partial charge in [-0.1, -0.05) is 60.7 Å². The molecule has 0 aliphatic heterocycles. The minimum absolute atomic E-state index is 0.259. The molecule has 2 atom stereocenters. The van der Waals surface area contributed by atoms with Crippen LogP contribution in [0.15, 0.2) is 66.7 Å². The first-order valence-corrected chi connectivity index (χ1v) is 8.83. The number of aliphatic carboxylic acids is 1. The molecule has 5 nitrogen and oxygen atoms in total. The van der Waals surface area contributed by atoms with Gasteiger partial charge in [-0.25, -0.2) is 0 Å². The van der Waals surface area contributed by atoms with Gasteiger partial charge >= 0.3 is 5.97 Å². The largest absolute Gasteiger partial charge is 0.496 e. The highest BCUT2D eigenvalue weighted by molar-refractivity contribution is 5.89. The lowest BCUT2D eigenvalue weighted by molar-refractivity contribution is -0.149. The number of rotatable bonds is 7. The standard InChI is InChI=1S/C23H21NO4/c1-27-15-23(14-24,22(25)26)21(19-11-5-6-13-20(19)28-2)18-12-7-9-16-8-3-4-10-17(16)18/h3-13,21H,15H2,1-2H3,(H,25,26)/t21?,23-/m0/s1. The summed E-state index contributed by atoms with van der Waals surface area (Å²) in [6, 6.07) is 22.7. The zero-order valence-electron chi connectivity index (χ0n) is 15.8. The Kier molecular flexibility index (Phi) is 5.62. The van der Waals surface area contributed by atoms with Gasteiger partial charge in [0, 0.05) is 18.6 Å². The maximum absolute atomic E-state index is 12.4. The van der Waals surface area contributed by atoms with Gasteiger partial charge in [0.05, 0.1) is 19.8 Å². The quantitative estimate of drug-likeness (QED) is 0.669. The Labute approximate surface area is 163 Å². The third-order valence-corrected chi connectivity index (χ3v) is 5.03. The first kappa shape index (κ1) is 19.4. The van der Waals surface area contributed by atoms with E-state index in [1.165, 1.54) is 14.2 Å². The summed E-state index contributed by atoms with van der Waals surface area (Å²) in [6.45, 7) is -0.259. The Morgan fingerprint density at radius 2 is 1.68 bits per heavy atom. The van der Waals surface area contributed by atoms with Crippen LogP contribution in [0.25, 0.3) is 10.8 Å². The van der Waals surface area contributed by atoms with Crippen LogP contribution >= 0.6 is 0 Å². The molecular formula is C23H21NO4. The predicted octanol–water partition coefficient (Wildman–Crippen LogP) is 4.22. The smallest absolute Gasteiger partial charge is 0.327 e. The average molecular weight is 375 g/mol. The van der Waals surface area contributed by atoms with E-state index in [-0.39, 0.29) is 6.61 Å². The van der Waals surface area contributed by atoms with Gasteiger partial charge in [-0.2, -0.15) is 5.26 Å². The number of hydrogen-bond acceptors (Lipinski definition) is 4. The molecular weight excluding hydrogens is 354 g/mol. The van der Waals surface area contributed by atoms with E-state index in [0.717, 1.165) is 16.3 Å². The van der Waals surface area contributed by atoms with Crippen molar-refractivity contribution in [3.05, 3.63) is 77.9 Å². The summed E-state index contributed by atoms with van der Waals surface area (Å²) in [5.74, 6) is -1.50. The summed E-state index contributed by atoms with van der Waals surface area (Å²) < 4.78 is 10.7. The van der Waals surface area contributed by atoms with Crippen LogP contribution in [0, 0.1) is 16.7 Å². The molecule has 0 saturated heterocycles. The molecule has 3 aromatic carbocycles. The van der Waals surface area contributed by atoms with Crippen LogP contribution in [0.1, 0.15) is 17.0 Å². The molecule has 0 saturated carbocycles. The van der Waals surface area contributed by atoms with Gasteiger partial charge < -0.3 is 14.6 Å². The summed E-state index contributed by atoms with van der Waals surface area (Å²) >= 11 is 0. The highest BCUT2D eigenvalue weighted by Gasteiger charge is 2.50. The molecule has 0 spiro atoms. The summed E-state index contributed by atoms with van der Waals surface area (Å²) in [7, 11) is 2.93. The second-order valence-electron chi connectivity index (χ2n) is 6.56. The van der Waals surface area contributed by atoms with E-state index in [0.29, 0.717) is 11.3 Å². The van der Waals surface area contributed by atoms with E-state index in [2.05, 4.69) is 0 Å². The van der Waals surface area contributed by atoms with E-state index in [4.69, 9.17) is 9.47 Å². The molecule has 1 N–H and O–H groups in total. The lowest BCUT2D eigenvalue weighted by atomic mass is 9.68. The lowest BCUT2D eigenvalue weighted by Crippen LogP contribution is -2.41. The number of methoxy groups -OCH3 is 2. The average Bonchev–Trinajstić information content (AvgIpc) is 2.73.